The van der Waals surface area contributed by atoms with Crippen LogP contribution in [0.15, 0.2) is 23.6 Å². The molecule has 0 bridgehead atoms. The number of nitrogens with one attached hydrogen (secondary N) is 2. The maximum absolute atomic E-state index is 12.7. The van der Waals surface area contributed by atoms with E-state index in [1.807, 2.05) is 4.90 Å². The molecule has 2 rings (SSSR count). The van der Waals surface area contributed by atoms with Crippen molar-refractivity contribution >= 4 is 23.2 Å². The summed E-state index contributed by atoms with van der Waals surface area (Å²) >= 11 is 6.10. The number of hydrogen-bond donors (Lipinski definition) is 3. The Morgan fingerprint density at radius 1 is 1.67 bits per heavy atom. The normalized spacial score (nSPS) is 24.0. The number of nitroso groups, excluding NO2 is 1. The summed E-state index contributed by atoms with van der Waals surface area (Å²) in [6.45, 7) is 1.06. The van der Waals surface area contributed by atoms with E-state index in [-0.39, 0.29) is 5.38 Å². The van der Waals surface area contributed by atoms with Crippen LogP contribution in [0.25, 0.3) is 0 Å². The zero-order chi connectivity index (χ0) is 17.7. The molecule has 0 radical (unpaired) electrons. The standard InChI is InChI=1S/C14H21ClN6O3/c1-21-7-8(15)5-18-13(21)11(12(16)20-23)14(22)19-9-6-17-4-3-10(9)24-2/h3-4,6,8,11-13,18H,5,7,16H2,1-2H3,(H,19,22). The van der Waals surface area contributed by atoms with Crippen molar-refractivity contribution in [2.24, 2.45) is 16.8 Å². The molecule has 0 saturated carbocycles. The molecular weight excluding hydrogens is 336 g/mol. The van der Waals surface area contributed by atoms with Crippen molar-refractivity contribution in [3.05, 3.63) is 23.4 Å². The highest BCUT2D eigenvalue weighted by Gasteiger charge is 2.39. The van der Waals surface area contributed by atoms with Crippen molar-refractivity contribution in [3.63, 3.8) is 0 Å². The summed E-state index contributed by atoms with van der Waals surface area (Å²) in [7, 11) is 3.28. The Labute approximate surface area is 144 Å². The van der Waals surface area contributed by atoms with Crippen LogP contribution in [-0.4, -0.2) is 60.7 Å². The lowest BCUT2D eigenvalue weighted by atomic mass is 9.98. The number of pyridine rings is 1. The van der Waals surface area contributed by atoms with E-state index in [1.165, 1.54) is 13.3 Å². The van der Waals surface area contributed by atoms with Gasteiger partial charge in [0.25, 0.3) is 0 Å². The molecule has 1 aliphatic rings. The first-order valence-electron chi connectivity index (χ1n) is 7.42. The number of aromatic nitrogens is 1. The summed E-state index contributed by atoms with van der Waals surface area (Å²) in [6, 6.07) is 1.62. The molecule has 1 aliphatic heterocycles. The van der Waals surface area contributed by atoms with Crippen LogP contribution < -0.4 is 21.1 Å². The molecule has 0 aromatic carbocycles. The average molecular weight is 357 g/mol. The number of hydrogen-bond acceptors (Lipinski definition) is 8. The highest BCUT2D eigenvalue weighted by molar-refractivity contribution is 6.21. The van der Waals surface area contributed by atoms with Crippen molar-refractivity contribution in [2.75, 3.05) is 32.6 Å². The van der Waals surface area contributed by atoms with Crippen LogP contribution in [0.2, 0.25) is 0 Å². The molecule has 9 nitrogen and oxygen atoms in total. The Morgan fingerprint density at radius 3 is 3.04 bits per heavy atom. The van der Waals surface area contributed by atoms with Gasteiger partial charge in [-0.1, -0.05) is 5.18 Å². The molecule has 0 spiro atoms. The highest BCUT2D eigenvalue weighted by atomic mass is 35.5. The molecule has 1 amide bonds. The third kappa shape index (κ3) is 4.18. The molecule has 0 aliphatic carbocycles. The highest BCUT2D eigenvalue weighted by Crippen LogP contribution is 2.24. The van der Waals surface area contributed by atoms with E-state index < -0.39 is 24.2 Å². The van der Waals surface area contributed by atoms with Gasteiger partial charge >= 0.3 is 0 Å². The maximum atomic E-state index is 12.7. The van der Waals surface area contributed by atoms with Gasteiger partial charge in [-0.25, -0.2) is 0 Å². The fourth-order valence-electron chi connectivity index (χ4n) is 2.72. The molecule has 1 aromatic heterocycles. The molecule has 4 atom stereocenters. The summed E-state index contributed by atoms with van der Waals surface area (Å²) in [5.74, 6) is -0.900. The van der Waals surface area contributed by atoms with Gasteiger partial charge in [0.15, 0.2) is 6.17 Å². The molecule has 1 aromatic rings. The number of methoxy groups -OCH3 is 1. The maximum Gasteiger partial charge on any atom is 0.234 e. The molecule has 24 heavy (non-hydrogen) atoms. The molecule has 10 heteroatoms. The zero-order valence-electron chi connectivity index (χ0n) is 13.5. The van der Waals surface area contributed by atoms with Gasteiger partial charge < -0.3 is 15.8 Å². The SMILES string of the molecule is COc1ccncc1NC(=O)C(C(N)N=O)C1NCC(Cl)CN1C. The third-order valence-corrected chi connectivity index (χ3v) is 4.19. The van der Waals surface area contributed by atoms with Gasteiger partial charge in [0.05, 0.1) is 24.8 Å². The van der Waals surface area contributed by atoms with E-state index in [0.29, 0.717) is 24.5 Å². The van der Waals surface area contributed by atoms with Crippen molar-refractivity contribution in [1.29, 1.82) is 0 Å². The van der Waals surface area contributed by atoms with Gasteiger partial charge in [-0.2, -0.15) is 0 Å². The quantitative estimate of drug-likeness (QED) is 0.490. The van der Waals surface area contributed by atoms with E-state index in [0.717, 1.165) is 0 Å². The Morgan fingerprint density at radius 2 is 2.42 bits per heavy atom. The second-order valence-electron chi connectivity index (χ2n) is 5.58. The first-order valence-corrected chi connectivity index (χ1v) is 7.86. The van der Waals surface area contributed by atoms with Crippen LogP contribution in [-0.2, 0) is 4.79 Å². The summed E-state index contributed by atoms with van der Waals surface area (Å²) < 4.78 is 5.18. The lowest BCUT2D eigenvalue weighted by molar-refractivity contribution is -0.123. The van der Waals surface area contributed by atoms with E-state index in [2.05, 4.69) is 20.8 Å². The summed E-state index contributed by atoms with van der Waals surface area (Å²) in [6.07, 6.45) is 1.33. The minimum absolute atomic E-state index is 0.0891. The molecule has 132 valence electrons. The zero-order valence-corrected chi connectivity index (χ0v) is 14.2. The lowest BCUT2D eigenvalue weighted by Gasteiger charge is -2.40. The molecule has 4 unspecified atom stereocenters. The molecule has 2 heterocycles. The predicted octanol–water partition coefficient (Wildman–Crippen LogP) is 0.165. The molecule has 4 N–H and O–H groups in total. The number of nitrogens with two attached hydrogens (primary N) is 1. The third-order valence-electron chi connectivity index (χ3n) is 3.90. The minimum Gasteiger partial charge on any atom is -0.494 e. The Hall–Kier alpha value is -1.81. The molecule has 1 saturated heterocycles. The second kappa shape index (κ2) is 8.34. The molecule has 1 fully saturated rings. The van der Waals surface area contributed by atoms with Crippen LogP contribution in [0.1, 0.15) is 0 Å². The van der Waals surface area contributed by atoms with Crippen LogP contribution >= 0.6 is 11.6 Å². The summed E-state index contributed by atoms with van der Waals surface area (Å²) in [5.41, 5.74) is 6.17. The summed E-state index contributed by atoms with van der Waals surface area (Å²) in [5, 5.41) is 8.59. The fraction of sp³-hybridized carbons (Fsp3) is 0.571. The van der Waals surface area contributed by atoms with E-state index >= 15 is 0 Å². The smallest absolute Gasteiger partial charge is 0.234 e. The number of halogens is 1. The van der Waals surface area contributed by atoms with Crippen LogP contribution in [0.3, 0.4) is 0 Å². The van der Waals surface area contributed by atoms with E-state index in [9.17, 15) is 9.70 Å². The molecular formula is C14H21ClN6O3. The number of anilines is 1. The van der Waals surface area contributed by atoms with E-state index in [4.69, 9.17) is 22.1 Å². The first kappa shape index (κ1) is 18.5. The number of nitrogens with zero attached hydrogens (tertiary/aromatic N) is 3. The lowest BCUT2D eigenvalue weighted by Crippen LogP contribution is -2.62. The second-order valence-corrected chi connectivity index (χ2v) is 6.19. The van der Waals surface area contributed by atoms with Gasteiger partial charge in [0, 0.05) is 25.4 Å². The number of carbonyl (C=O) groups is 1. The Bertz CT molecular complexity index is 589. The van der Waals surface area contributed by atoms with Gasteiger partial charge in [-0.3, -0.25) is 20.0 Å². The van der Waals surface area contributed by atoms with Crippen LogP contribution in [0.5, 0.6) is 5.75 Å². The number of carbonyl (C=O) groups excluding carboxylic acids is 1. The monoisotopic (exact) mass is 356 g/mol. The van der Waals surface area contributed by atoms with Crippen molar-refractivity contribution in [2.45, 2.75) is 17.7 Å². The largest absolute Gasteiger partial charge is 0.494 e. The summed E-state index contributed by atoms with van der Waals surface area (Å²) in [4.78, 5) is 29.5. The van der Waals surface area contributed by atoms with Crippen molar-refractivity contribution < 1.29 is 9.53 Å². The van der Waals surface area contributed by atoms with E-state index in [1.54, 1.807) is 19.3 Å². The van der Waals surface area contributed by atoms with Gasteiger partial charge in [-0.15, -0.1) is 16.5 Å². The van der Waals surface area contributed by atoms with Crippen molar-refractivity contribution in [3.8, 4) is 5.75 Å². The minimum atomic E-state index is -1.21. The number of rotatable bonds is 6. The number of alkyl halides is 1. The first-order chi connectivity index (χ1) is 11.5. The van der Waals surface area contributed by atoms with Gasteiger partial charge in [-0.05, 0) is 7.05 Å². The van der Waals surface area contributed by atoms with Gasteiger partial charge in [0.1, 0.15) is 17.4 Å². The topological polar surface area (TPSA) is 122 Å². The number of amides is 1. The fourth-order valence-corrected chi connectivity index (χ4v) is 3.02. The number of ether oxygens (including phenoxy) is 1. The van der Waals surface area contributed by atoms with Gasteiger partial charge in [0.2, 0.25) is 5.91 Å². The van der Waals surface area contributed by atoms with Crippen LogP contribution in [0.4, 0.5) is 5.69 Å². The predicted molar refractivity (Wildman–Crippen MR) is 90.7 cm³/mol. The Kier molecular flexibility index (Phi) is 6.44. The van der Waals surface area contributed by atoms with Crippen LogP contribution in [0, 0.1) is 10.8 Å². The van der Waals surface area contributed by atoms with Crippen molar-refractivity contribution in [1.82, 2.24) is 15.2 Å². The average Bonchev–Trinajstić information content (AvgIpc) is 2.57. The Balaban J connectivity index is 2.21.